The van der Waals surface area contributed by atoms with Crippen LogP contribution in [0.15, 0.2) is 0 Å². The van der Waals surface area contributed by atoms with Gasteiger partial charge in [-0.25, -0.2) is 5.06 Å². The summed E-state index contributed by atoms with van der Waals surface area (Å²) in [6.45, 7) is 0.606. The Hall–Kier alpha value is -0.260. The summed E-state index contributed by atoms with van der Waals surface area (Å²) in [7, 11) is 3.05. The molecule has 11 heavy (non-hydrogen) atoms. The normalized spacial score (nSPS) is 9.73. The molecular formula is C6H14N2O2S. The second-order valence-corrected chi connectivity index (χ2v) is 3.02. The molecule has 0 saturated carbocycles. The number of thioether (sulfide) groups is 1. The van der Waals surface area contributed by atoms with Crippen molar-refractivity contribution < 1.29 is 9.63 Å². The quantitative estimate of drug-likeness (QED) is 0.464. The summed E-state index contributed by atoms with van der Waals surface area (Å²) in [4.78, 5) is 15.7. The van der Waals surface area contributed by atoms with E-state index in [4.69, 9.17) is 5.73 Å². The minimum atomic E-state index is -0.0362. The lowest BCUT2D eigenvalue weighted by atomic mass is 10.7. The van der Waals surface area contributed by atoms with Crippen LogP contribution in [-0.4, -0.2) is 43.2 Å². The Morgan fingerprint density at radius 2 is 2.36 bits per heavy atom. The third kappa shape index (κ3) is 5.06. The van der Waals surface area contributed by atoms with E-state index in [0.717, 1.165) is 5.75 Å². The van der Waals surface area contributed by atoms with Crippen molar-refractivity contribution in [1.29, 1.82) is 0 Å². The van der Waals surface area contributed by atoms with Gasteiger partial charge in [0.15, 0.2) is 0 Å². The number of amides is 1. The molecule has 2 N–H and O–H groups in total. The van der Waals surface area contributed by atoms with E-state index < -0.39 is 0 Å². The van der Waals surface area contributed by atoms with E-state index in [0.29, 0.717) is 12.3 Å². The number of rotatable bonds is 5. The highest BCUT2D eigenvalue weighted by Crippen LogP contribution is 1.99. The molecule has 0 aromatic carbocycles. The maximum atomic E-state index is 11.0. The van der Waals surface area contributed by atoms with Gasteiger partial charge in [0.25, 0.3) is 5.91 Å². The van der Waals surface area contributed by atoms with E-state index in [-0.39, 0.29) is 5.91 Å². The molecule has 0 aliphatic carbocycles. The number of hydrogen-bond donors (Lipinski definition) is 1. The third-order valence-electron chi connectivity index (χ3n) is 1.11. The van der Waals surface area contributed by atoms with Crippen molar-refractivity contribution in [3.63, 3.8) is 0 Å². The zero-order valence-electron chi connectivity index (χ0n) is 6.87. The maximum Gasteiger partial charge on any atom is 0.255 e. The second kappa shape index (κ2) is 6.45. The van der Waals surface area contributed by atoms with Crippen molar-refractivity contribution in [3.05, 3.63) is 0 Å². The Kier molecular flexibility index (Phi) is 6.30. The van der Waals surface area contributed by atoms with Gasteiger partial charge in [0.1, 0.15) is 0 Å². The van der Waals surface area contributed by atoms with Gasteiger partial charge >= 0.3 is 0 Å². The molecule has 1 amide bonds. The Morgan fingerprint density at radius 3 is 2.82 bits per heavy atom. The lowest BCUT2D eigenvalue weighted by molar-refractivity contribution is -0.165. The highest BCUT2D eigenvalue weighted by Gasteiger charge is 2.05. The molecule has 0 saturated heterocycles. The van der Waals surface area contributed by atoms with Gasteiger partial charge in [-0.3, -0.25) is 9.63 Å². The van der Waals surface area contributed by atoms with E-state index in [1.54, 1.807) is 7.05 Å². The van der Waals surface area contributed by atoms with Crippen LogP contribution in [0, 0.1) is 0 Å². The first-order valence-electron chi connectivity index (χ1n) is 3.30. The zero-order valence-corrected chi connectivity index (χ0v) is 7.69. The highest BCUT2D eigenvalue weighted by atomic mass is 32.2. The molecule has 66 valence electrons. The van der Waals surface area contributed by atoms with Crippen molar-refractivity contribution >= 4 is 17.7 Å². The number of nitrogens with zero attached hydrogens (tertiary/aromatic N) is 1. The molecule has 0 fully saturated rings. The summed E-state index contributed by atoms with van der Waals surface area (Å²) in [5.41, 5.74) is 5.25. The predicted molar refractivity (Wildman–Crippen MR) is 46.2 cm³/mol. The molecule has 4 nitrogen and oxygen atoms in total. The molecule has 5 heteroatoms. The summed E-state index contributed by atoms with van der Waals surface area (Å²) in [5, 5.41) is 1.21. The predicted octanol–water partition coefficient (Wildman–Crippen LogP) is -0.302. The second-order valence-electron chi connectivity index (χ2n) is 1.92. The summed E-state index contributed by atoms with van der Waals surface area (Å²) in [6.07, 6.45) is 0. The third-order valence-corrected chi connectivity index (χ3v) is 2.09. The fourth-order valence-corrected chi connectivity index (χ4v) is 1.10. The molecule has 0 atom stereocenters. The number of hydroxylamine groups is 2. The molecule has 0 rings (SSSR count). The van der Waals surface area contributed by atoms with Crippen LogP contribution in [0.3, 0.4) is 0 Å². The van der Waals surface area contributed by atoms with E-state index in [9.17, 15) is 4.79 Å². The molecule has 0 heterocycles. The van der Waals surface area contributed by atoms with E-state index in [2.05, 4.69) is 4.84 Å². The van der Waals surface area contributed by atoms with Crippen LogP contribution in [-0.2, 0) is 9.63 Å². The standard InChI is InChI=1S/C6H14N2O2S/c1-8(10-2)6(9)5-11-4-3-7/h3-5,7H2,1-2H3. The van der Waals surface area contributed by atoms with E-state index in [1.807, 2.05) is 0 Å². The number of nitrogens with two attached hydrogens (primary N) is 1. The molecule has 0 aromatic heterocycles. The van der Waals surface area contributed by atoms with Gasteiger partial charge in [-0.1, -0.05) is 0 Å². The summed E-state index contributed by atoms with van der Waals surface area (Å²) in [5.74, 6) is 1.20. The largest absolute Gasteiger partial charge is 0.330 e. The molecule has 0 bridgehead atoms. The SMILES string of the molecule is CON(C)C(=O)CSCCN. The minimum Gasteiger partial charge on any atom is -0.330 e. The smallest absolute Gasteiger partial charge is 0.255 e. The molecular weight excluding hydrogens is 164 g/mol. The van der Waals surface area contributed by atoms with Crippen LogP contribution in [0.1, 0.15) is 0 Å². The van der Waals surface area contributed by atoms with Crippen LogP contribution in [0.5, 0.6) is 0 Å². The Labute approximate surface area is 71.0 Å². The molecule has 0 aliphatic heterocycles. The van der Waals surface area contributed by atoms with Crippen LogP contribution in [0.2, 0.25) is 0 Å². The first kappa shape index (κ1) is 10.7. The van der Waals surface area contributed by atoms with Gasteiger partial charge in [-0.2, -0.15) is 11.8 Å². The van der Waals surface area contributed by atoms with Crippen molar-refractivity contribution in [2.45, 2.75) is 0 Å². The van der Waals surface area contributed by atoms with Crippen molar-refractivity contribution in [1.82, 2.24) is 5.06 Å². The topological polar surface area (TPSA) is 55.6 Å². The molecule has 0 radical (unpaired) electrons. The lowest BCUT2D eigenvalue weighted by Crippen LogP contribution is -2.27. The van der Waals surface area contributed by atoms with Gasteiger partial charge in [0.05, 0.1) is 12.9 Å². The summed E-state index contributed by atoms with van der Waals surface area (Å²) < 4.78 is 0. The van der Waals surface area contributed by atoms with Gasteiger partial charge in [-0.05, 0) is 0 Å². The minimum absolute atomic E-state index is 0.0362. The summed E-state index contributed by atoms with van der Waals surface area (Å²) in [6, 6.07) is 0. The van der Waals surface area contributed by atoms with Gasteiger partial charge in [-0.15, -0.1) is 0 Å². The Bertz CT molecular complexity index is 121. The molecule has 0 aliphatic rings. The first-order chi connectivity index (χ1) is 5.22. The highest BCUT2D eigenvalue weighted by molar-refractivity contribution is 7.99. The number of carbonyl (C=O) groups excluding carboxylic acids is 1. The van der Waals surface area contributed by atoms with Crippen LogP contribution < -0.4 is 5.73 Å². The zero-order chi connectivity index (χ0) is 8.69. The van der Waals surface area contributed by atoms with E-state index >= 15 is 0 Å². The molecule has 0 unspecified atom stereocenters. The molecule has 0 spiro atoms. The first-order valence-corrected chi connectivity index (χ1v) is 4.46. The van der Waals surface area contributed by atoms with Crippen molar-refractivity contribution in [2.75, 3.05) is 32.2 Å². The number of hydrogen-bond acceptors (Lipinski definition) is 4. The van der Waals surface area contributed by atoms with E-state index in [1.165, 1.54) is 23.9 Å². The van der Waals surface area contributed by atoms with Crippen LogP contribution in [0.4, 0.5) is 0 Å². The average molecular weight is 178 g/mol. The van der Waals surface area contributed by atoms with Crippen molar-refractivity contribution in [2.24, 2.45) is 5.73 Å². The summed E-state index contributed by atoms with van der Waals surface area (Å²) >= 11 is 1.51. The lowest BCUT2D eigenvalue weighted by Gasteiger charge is -2.12. The van der Waals surface area contributed by atoms with Gasteiger partial charge < -0.3 is 5.73 Å². The average Bonchev–Trinajstić information content (AvgIpc) is 2.03. The van der Waals surface area contributed by atoms with Crippen LogP contribution in [0.25, 0.3) is 0 Å². The van der Waals surface area contributed by atoms with Crippen molar-refractivity contribution in [3.8, 4) is 0 Å². The molecule has 0 aromatic rings. The van der Waals surface area contributed by atoms with Crippen LogP contribution >= 0.6 is 11.8 Å². The number of carbonyl (C=O) groups is 1. The monoisotopic (exact) mass is 178 g/mol. The van der Waals surface area contributed by atoms with Gasteiger partial charge in [0, 0.05) is 19.3 Å². The fourth-order valence-electron chi connectivity index (χ4n) is 0.436. The maximum absolute atomic E-state index is 11.0. The fraction of sp³-hybridized carbons (Fsp3) is 0.833. The Balaban J connectivity index is 3.36. The van der Waals surface area contributed by atoms with Gasteiger partial charge in [0.2, 0.25) is 0 Å². The Morgan fingerprint density at radius 1 is 1.73 bits per heavy atom.